The van der Waals surface area contributed by atoms with Crippen LogP contribution in [0.25, 0.3) is 0 Å². The summed E-state index contributed by atoms with van der Waals surface area (Å²) in [6.07, 6.45) is -3.15. The third-order valence-corrected chi connectivity index (χ3v) is 2.49. The number of ether oxygens (including phenoxy) is 2. The maximum absolute atomic E-state index is 11.1. The van der Waals surface area contributed by atoms with Gasteiger partial charge in [0.05, 0.1) is 14.2 Å². The Morgan fingerprint density at radius 3 is 2.53 bits per heavy atom. The molecule has 5 nitrogen and oxygen atoms in total. The molecule has 2 unspecified atom stereocenters. The van der Waals surface area contributed by atoms with Crippen molar-refractivity contribution in [2.45, 2.75) is 12.2 Å². The zero-order chi connectivity index (χ0) is 13.0. The maximum atomic E-state index is 11.1. The van der Waals surface area contributed by atoms with Gasteiger partial charge in [0, 0.05) is 10.6 Å². The van der Waals surface area contributed by atoms with Crippen molar-refractivity contribution < 1.29 is 24.5 Å². The summed E-state index contributed by atoms with van der Waals surface area (Å²) in [5.74, 6) is -0.607. The highest BCUT2D eigenvalue weighted by atomic mass is 35.5. The molecule has 0 aliphatic rings. The lowest BCUT2D eigenvalue weighted by molar-refractivity contribution is -0.156. The molecular formula is C11H13ClO5. The van der Waals surface area contributed by atoms with Gasteiger partial charge in [0.2, 0.25) is 0 Å². The molecule has 1 rings (SSSR count). The lowest BCUT2D eigenvalue weighted by Gasteiger charge is -2.18. The summed E-state index contributed by atoms with van der Waals surface area (Å²) in [5, 5.41) is 19.7. The standard InChI is InChI=1S/C11H13ClO5/c1-16-8-4-3-6(12)5-7(8)9(13)10(14)11(15)17-2/h3-5,9-10,13-14H,1-2H3. The van der Waals surface area contributed by atoms with Gasteiger partial charge >= 0.3 is 5.97 Å². The SMILES string of the molecule is COC(=O)C(O)C(O)c1cc(Cl)ccc1OC. The van der Waals surface area contributed by atoms with Crippen LogP contribution in [0.5, 0.6) is 5.75 Å². The van der Waals surface area contributed by atoms with E-state index in [0.29, 0.717) is 10.8 Å². The van der Waals surface area contributed by atoms with Crippen molar-refractivity contribution in [3.05, 3.63) is 28.8 Å². The third kappa shape index (κ3) is 3.09. The van der Waals surface area contributed by atoms with Crippen LogP contribution in [-0.4, -0.2) is 36.5 Å². The van der Waals surface area contributed by atoms with Crippen molar-refractivity contribution in [1.82, 2.24) is 0 Å². The van der Waals surface area contributed by atoms with Gasteiger partial charge in [-0.15, -0.1) is 0 Å². The fourth-order valence-corrected chi connectivity index (χ4v) is 1.54. The van der Waals surface area contributed by atoms with E-state index in [2.05, 4.69) is 4.74 Å². The van der Waals surface area contributed by atoms with E-state index in [1.807, 2.05) is 0 Å². The highest BCUT2D eigenvalue weighted by Gasteiger charge is 2.28. The second-order valence-corrected chi connectivity index (χ2v) is 3.74. The number of aliphatic hydroxyl groups is 2. The van der Waals surface area contributed by atoms with Gasteiger partial charge in [-0.1, -0.05) is 11.6 Å². The Hall–Kier alpha value is -1.30. The van der Waals surface area contributed by atoms with Crippen LogP contribution in [0.1, 0.15) is 11.7 Å². The molecule has 0 amide bonds. The molecule has 17 heavy (non-hydrogen) atoms. The molecule has 0 spiro atoms. The minimum Gasteiger partial charge on any atom is -0.496 e. The van der Waals surface area contributed by atoms with Crippen molar-refractivity contribution in [3.63, 3.8) is 0 Å². The molecule has 0 aromatic heterocycles. The molecule has 0 saturated heterocycles. The number of halogens is 1. The zero-order valence-electron chi connectivity index (χ0n) is 9.38. The number of rotatable bonds is 4. The Balaban J connectivity index is 3.05. The number of methoxy groups -OCH3 is 2. The van der Waals surface area contributed by atoms with Crippen LogP contribution in [0.15, 0.2) is 18.2 Å². The minimum absolute atomic E-state index is 0.220. The number of carbonyl (C=O) groups is 1. The second kappa shape index (κ2) is 5.86. The topological polar surface area (TPSA) is 76.0 Å². The molecule has 0 aliphatic heterocycles. The highest BCUT2D eigenvalue weighted by molar-refractivity contribution is 6.30. The third-order valence-electron chi connectivity index (χ3n) is 2.25. The van der Waals surface area contributed by atoms with Gasteiger partial charge < -0.3 is 19.7 Å². The van der Waals surface area contributed by atoms with E-state index in [4.69, 9.17) is 16.3 Å². The van der Waals surface area contributed by atoms with Crippen LogP contribution in [0.3, 0.4) is 0 Å². The van der Waals surface area contributed by atoms with Crippen LogP contribution in [0.4, 0.5) is 0 Å². The summed E-state index contributed by atoms with van der Waals surface area (Å²) in [4.78, 5) is 11.1. The zero-order valence-corrected chi connectivity index (χ0v) is 10.1. The molecule has 2 atom stereocenters. The molecule has 6 heteroatoms. The summed E-state index contributed by atoms with van der Waals surface area (Å²) in [6, 6.07) is 4.52. The van der Waals surface area contributed by atoms with Crippen LogP contribution in [0.2, 0.25) is 5.02 Å². The van der Waals surface area contributed by atoms with Gasteiger partial charge in [-0.25, -0.2) is 4.79 Å². The van der Waals surface area contributed by atoms with Gasteiger partial charge in [0.1, 0.15) is 11.9 Å². The van der Waals surface area contributed by atoms with E-state index in [0.717, 1.165) is 7.11 Å². The van der Waals surface area contributed by atoms with Crippen LogP contribution in [-0.2, 0) is 9.53 Å². The van der Waals surface area contributed by atoms with Gasteiger partial charge in [-0.2, -0.15) is 0 Å². The Bertz CT molecular complexity index is 407. The average molecular weight is 261 g/mol. The molecule has 0 radical (unpaired) electrons. The maximum Gasteiger partial charge on any atom is 0.337 e. The number of hydrogen-bond acceptors (Lipinski definition) is 5. The Labute approximate surface area is 104 Å². The van der Waals surface area contributed by atoms with Crippen molar-refractivity contribution in [1.29, 1.82) is 0 Å². The molecule has 0 aliphatic carbocycles. The summed E-state index contributed by atoms with van der Waals surface area (Å²) in [7, 11) is 2.53. The van der Waals surface area contributed by atoms with E-state index in [1.54, 1.807) is 6.07 Å². The minimum atomic E-state index is -1.69. The lowest BCUT2D eigenvalue weighted by Crippen LogP contribution is -2.29. The molecule has 0 saturated carbocycles. The fourth-order valence-electron chi connectivity index (χ4n) is 1.36. The van der Waals surface area contributed by atoms with E-state index < -0.39 is 18.2 Å². The molecule has 94 valence electrons. The average Bonchev–Trinajstić information content (AvgIpc) is 2.35. The Kier molecular flexibility index (Phi) is 4.74. The van der Waals surface area contributed by atoms with E-state index >= 15 is 0 Å². The lowest BCUT2D eigenvalue weighted by atomic mass is 10.0. The predicted molar refractivity (Wildman–Crippen MR) is 61.0 cm³/mol. The van der Waals surface area contributed by atoms with E-state index in [9.17, 15) is 15.0 Å². The molecule has 0 heterocycles. The van der Waals surface area contributed by atoms with Crippen LogP contribution < -0.4 is 4.74 Å². The summed E-state index contributed by atoms with van der Waals surface area (Å²) < 4.78 is 9.34. The van der Waals surface area contributed by atoms with Gasteiger partial charge in [0.15, 0.2) is 6.10 Å². The first kappa shape index (κ1) is 13.8. The Morgan fingerprint density at radius 2 is 2.00 bits per heavy atom. The van der Waals surface area contributed by atoms with E-state index in [-0.39, 0.29) is 5.56 Å². The van der Waals surface area contributed by atoms with Gasteiger partial charge in [-0.05, 0) is 18.2 Å². The molecule has 0 bridgehead atoms. The van der Waals surface area contributed by atoms with Crippen molar-refractivity contribution >= 4 is 17.6 Å². The van der Waals surface area contributed by atoms with Gasteiger partial charge in [0.25, 0.3) is 0 Å². The van der Waals surface area contributed by atoms with Crippen LogP contribution >= 0.6 is 11.6 Å². The van der Waals surface area contributed by atoms with E-state index in [1.165, 1.54) is 19.2 Å². The van der Waals surface area contributed by atoms with Crippen LogP contribution in [0, 0.1) is 0 Å². The van der Waals surface area contributed by atoms with Gasteiger partial charge in [-0.3, -0.25) is 0 Å². The molecule has 0 fully saturated rings. The first-order valence-electron chi connectivity index (χ1n) is 4.78. The van der Waals surface area contributed by atoms with Crippen molar-refractivity contribution in [2.24, 2.45) is 0 Å². The largest absolute Gasteiger partial charge is 0.496 e. The number of benzene rings is 1. The summed E-state index contributed by atoms with van der Waals surface area (Å²) in [5.41, 5.74) is 0.220. The number of hydrogen-bond donors (Lipinski definition) is 2. The molecule has 1 aromatic carbocycles. The second-order valence-electron chi connectivity index (χ2n) is 3.30. The molecule has 1 aromatic rings. The molecular weight excluding hydrogens is 248 g/mol. The summed E-state index contributed by atoms with van der Waals surface area (Å²) >= 11 is 5.77. The number of esters is 1. The quantitative estimate of drug-likeness (QED) is 0.787. The first-order valence-corrected chi connectivity index (χ1v) is 5.16. The fraction of sp³-hybridized carbons (Fsp3) is 0.364. The first-order chi connectivity index (χ1) is 8.01. The predicted octanol–water partition coefficient (Wildman–Crippen LogP) is 0.916. The summed E-state index contributed by atoms with van der Waals surface area (Å²) in [6.45, 7) is 0. The normalized spacial score (nSPS) is 13.9. The van der Waals surface area contributed by atoms with Crippen molar-refractivity contribution in [2.75, 3.05) is 14.2 Å². The van der Waals surface area contributed by atoms with Crippen molar-refractivity contribution in [3.8, 4) is 5.75 Å². The number of carbonyl (C=O) groups excluding carboxylic acids is 1. The molecule has 2 N–H and O–H groups in total. The monoisotopic (exact) mass is 260 g/mol. The Morgan fingerprint density at radius 1 is 1.35 bits per heavy atom. The smallest absolute Gasteiger partial charge is 0.337 e. The highest BCUT2D eigenvalue weighted by Crippen LogP contribution is 2.30. The number of aliphatic hydroxyl groups excluding tert-OH is 2.